The number of hydrogen-bond acceptors (Lipinski definition) is 5. The third-order valence-electron chi connectivity index (χ3n) is 5.13. The molecule has 7 heteroatoms. The average molecular weight is 386 g/mol. The van der Waals surface area contributed by atoms with E-state index in [-0.39, 0.29) is 6.54 Å². The van der Waals surface area contributed by atoms with Crippen LogP contribution in [0.4, 0.5) is 10.5 Å². The van der Waals surface area contributed by atoms with Gasteiger partial charge in [0.25, 0.3) is 0 Å². The molecule has 0 saturated heterocycles. The Balaban J connectivity index is 2.01. The summed E-state index contributed by atoms with van der Waals surface area (Å²) in [5.41, 5.74) is 6.95. The van der Waals surface area contributed by atoms with Crippen LogP contribution in [-0.4, -0.2) is 46.6 Å². The summed E-state index contributed by atoms with van der Waals surface area (Å²) < 4.78 is 11.2. The smallest absolute Gasteiger partial charge is 0.407 e. The first kappa shape index (κ1) is 19.8. The molecule has 0 aliphatic carbocycles. The normalized spacial score (nSPS) is 20.0. The molecule has 0 spiro atoms. The number of ether oxygens (including phenoxy) is 2. The van der Waals surface area contributed by atoms with Crippen molar-refractivity contribution in [2.24, 2.45) is 0 Å². The van der Waals surface area contributed by atoms with E-state index in [0.29, 0.717) is 29.2 Å². The minimum Gasteiger partial charge on any atom is -0.495 e. The zero-order valence-corrected chi connectivity index (χ0v) is 16.3. The minimum absolute atomic E-state index is 0.225. The minimum atomic E-state index is -1.11. The summed E-state index contributed by atoms with van der Waals surface area (Å²) in [6, 6.07) is 12.1. The Hall–Kier alpha value is -2.93. The number of hydrogen-bond donors (Lipinski definition) is 3. The van der Waals surface area contributed by atoms with Crippen molar-refractivity contribution in [3.63, 3.8) is 0 Å². The highest BCUT2D eigenvalue weighted by atomic mass is 16.5. The lowest BCUT2D eigenvalue weighted by Gasteiger charge is -2.45. The van der Waals surface area contributed by atoms with Crippen LogP contribution in [0.15, 0.2) is 42.5 Å². The summed E-state index contributed by atoms with van der Waals surface area (Å²) in [6.07, 6.45) is -1.65. The van der Waals surface area contributed by atoms with Gasteiger partial charge in [-0.1, -0.05) is 30.3 Å². The third kappa shape index (κ3) is 3.71. The molecule has 0 saturated carbocycles. The number of nitrogens with zero attached hydrogens (tertiary/aromatic N) is 1. The Bertz CT molecular complexity index is 853. The summed E-state index contributed by atoms with van der Waals surface area (Å²) in [5.74, 6) is 0.859. The molecule has 28 heavy (non-hydrogen) atoms. The third-order valence-corrected chi connectivity index (χ3v) is 5.13. The van der Waals surface area contributed by atoms with E-state index in [0.717, 1.165) is 5.56 Å². The number of anilines is 1. The molecule has 4 N–H and O–H groups in total. The van der Waals surface area contributed by atoms with Crippen LogP contribution in [0.25, 0.3) is 0 Å². The maximum atomic E-state index is 12.1. The van der Waals surface area contributed by atoms with Crippen LogP contribution in [0.5, 0.6) is 11.5 Å². The lowest BCUT2D eigenvalue weighted by atomic mass is 9.85. The molecule has 0 bridgehead atoms. The molecule has 0 aromatic heterocycles. The second-order valence-electron chi connectivity index (χ2n) is 7.44. The quantitative estimate of drug-likeness (QED) is 0.682. The van der Waals surface area contributed by atoms with Crippen LogP contribution in [-0.2, 0) is 6.42 Å². The molecule has 150 valence electrons. The fourth-order valence-electron chi connectivity index (χ4n) is 3.57. The Morgan fingerprint density at radius 2 is 1.96 bits per heavy atom. The topological polar surface area (TPSA) is 105 Å². The molecule has 0 radical (unpaired) electrons. The number of carboxylic acid groups (broad SMARTS) is 1. The first-order valence-electron chi connectivity index (χ1n) is 9.12. The summed E-state index contributed by atoms with van der Waals surface area (Å²) in [4.78, 5) is 13.4. The van der Waals surface area contributed by atoms with Crippen molar-refractivity contribution >= 4 is 11.8 Å². The standard InChI is InChI=1S/C21H26N2O5/c1-21(2)19(24)18(14-11-17(27-3)15(22)12-16(14)28-21)23(20(25)26)10-9-13-7-5-4-6-8-13/h4-8,11-12,18-19,24H,9-10,22H2,1-3H3,(H,25,26)/t18-,19+/m0/s1. The van der Waals surface area contributed by atoms with E-state index in [2.05, 4.69) is 0 Å². The first-order valence-corrected chi connectivity index (χ1v) is 9.12. The van der Waals surface area contributed by atoms with E-state index in [1.807, 2.05) is 30.3 Å². The van der Waals surface area contributed by atoms with Gasteiger partial charge in [-0.2, -0.15) is 0 Å². The van der Waals surface area contributed by atoms with Gasteiger partial charge in [0.15, 0.2) is 0 Å². The van der Waals surface area contributed by atoms with Gasteiger partial charge in [-0.05, 0) is 31.9 Å². The second-order valence-corrected chi connectivity index (χ2v) is 7.44. The number of methoxy groups -OCH3 is 1. The van der Waals surface area contributed by atoms with Gasteiger partial charge < -0.3 is 25.4 Å². The van der Waals surface area contributed by atoms with Gasteiger partial charge in [-0.25, -0.2) is 4.79 Å². The maximum Gasteiger partial charge on any atom is 0.407 e. The average Bonchev–Trinajstić information content (AvgIpc) is 2.65. The van der Waals surface area contributed by atoms with Crippen molar-refractivity contribution in [2.45, 2.75) is 38.0 Å². The highest BCUT2D eigenvalue weighted by Crippen LogP contribution is 2.46. The number of nitrogen functional groups attached to an aromatic ring is 1. The first-order chi connectivity index (χ1) is 13.2. The fraction of sp³-hybridized carbons (Fsp3) is 0.381. The molecule has 2 aromatic rings. The summed E-state index contributed by atoms with van der Waals surface area (Å²) >= 11 is 0. The molecule has 2 aromatic carbocycles. The van der Waals surface area contributed by atoms with Crippen LogP contribution in [0.3, 0.4) is 0 Å². The predicted molar refractivity (Wildman–Crippen MR) is 106 cm³/mol. The molecule has 7 nitrogen and oxygen atoms in total. The maximum absolute atomic E-state index is 12.1. The number of rotatable bonds is 5. The van der Waals surface area contributed by atoms with Gasteiger partial charge in [0, 0.05) is 18.2 Å². The summed E-state index contributed by atoms with van der Waals surface area (Å²) in [7, 11) is 1.49. The Morgan fingerprint density at radius 1 is 1.29 bits per heavy atom. The van der Waals surface area contributed by atoms with Gasteiger partial charge in [0.05, 0.1) is 18.8 Å². The summed E-state index contributed by atoms with van der Waals surface area (Å²) in [5, 5.41) is 20.9. The van der Waals surface area contributed by atoms with Crippen molar-refractivity contribution in [3.8, 4) is 11.5 Å². The van der Waals surface area contributed by atoms with Crippen LogP contribution in [0.1, 0.15) is 31.0 Å². The number of aliphatic hydroxyl groups excluding tert-OH is 1. The van der Waals surface area contributed by atoms with Crippen molar-refractivity contribution in [1.29, 1.82) is 0 Å². The van der Waals surface area contributed by atoms with Crippen LogP contribution < -0.4 is 15.2 Å². The SMILES string of the molecule is COc1cc2c(cc1N)OC(C)(C)[C@H](O)[C@H]2N(CCc1ccccc1)C(=O)O. The molecule has 1 heterocycles. The molecule has 0 fully saturated rings. The van der Waals surface area contributed by atoms with Crippen LogP contribution in [0, 0.1) is 0 Å². The van der Waals surface area contributed by atoms with Crippen molar-refractivity contribution < 1.29 is 24.5 Å². The van der Waals surface area contributed by atoms with E-state index >= 15 is 0 Å². The Morgan fingerprint density at radius 3 is 2.57 bits per heavy atom. The highest BCUT2D eigenvalue weighted by Gasteiger charge is 2.47. The zero-order chi connectivity index (χ0) is 20.5. The van der Waals surface area contributed by atoms with Crippen molar-refractivity contribution in [3.05, 3.63) is 53.6 Å². The Kier molecular flexibility index (Phi) is 5.38. The lowest BCUT2D eigenvalue weighted by molar-refractivity contribution is -0.0878. The lowest BCUT2D eigenvalue weighted by Crippen LogP contribution is -2.54. The fourth-order valence-corrected chi connectivity index (χ4v) is 3.57. The molecule has 0 unspecified atom stereocenters. The predicted octanol–water partition coefficient (Wildman–Crippen LogP) is 3.07. The number of aliphatic hydroxyl groups is 1. The number of carbonyl (C=O) groups is 1. The van der Waals surface area contributed by atoms with Gasteiger partial charge in [-0.3, -0.25) is 4.90 Å². The van der Waals surface area contributed by atoms with Gasteiger partial charge in [0.2, 0.25) is 0 Å². The number of fused-ring (bicyclic) bond motifs is 1. The largest absolute Gasteiger partial charge is 0.495 e. The molecule has 2 atom stereocenters. The summed E-state index contributed by atoms with van der Waals surface area (Å²) in [6.45, 7) is 3.68. The molecule has 1 amide bonds. The molecule has 1 aliphatic heterocycles. The van der Waals surface area contributed by atoms with Crippen LogP contribution in [0.2, 0.25) is 0 Å². The number of amides is 1. The van der Waals surface area contributed by atoms with E-state index in [1.54, 1.807) is 26.0 Å². The second kappa shape index (κ2) is 7.59. The molecular formula is C21H26N2O5. The van der Waals surface area contributed by atoms with E-state index in [9.17, 15) is 15.0 Å². The molecular weight excluding hydrogens is 360 g/mol. The van der Waals surface area contributed by atoms with Gasteiger partial charge in [-0.15, -0.1) is 0 Å². The number of nitrogens with two attached hydrogens (primary N) is 1. The van der Waals surface area contributed by atoms with E-state index in [1.165, 1.54) is 12.0 Å². The monoisotopic (exact) mass is 386 g/mol. The van der Waals surface area contributed by atoms with Gasteiger partial charge in [0.1, 0.15) is 23.2 Å². The molecule has 3 rings (SSSR count). The molecule has 1 aliphatic rings. The van der Waals surface area contributed by atoms with Crippen molar-refractivity contribution in [2.75, 3.05) is 19.4 Å². The highest BCUT2D eigenvalue weighted by molar-refractivity contribution is 5.68. The van der Waals surface area contributed by atoms with E-state index < -0.39 is 23.8 Å². The van der Waals surface area contributed by atoms with Crippen LogP contribution >= 0.6 is 0 Å². The van der Waals surface area contributed by atoms with Gasteiger partial charge >= 0.3 is 6.09 Å². The Labute approximate surface area is 164 Å². The van der Waals surface area contributed by atoms with E-state index in [4.69, 9.17) is 15.2 Å². The number of benzene rings is 2. The zero-order valence-electron chi connectivity index (χ0n) is 16.3. The van der Waals surface area contributed by atoms with Crippen molar-refractivity contribution in [1.82, 2.24) is 4.90 Å².